The number of carbonyl (C=O) groups is 1. The molecule has 0 heterocycles. The van der Waals surface area contributed by atoms with Gasteiger partial charge in [-0.1, -0.05) is 29.8 Å². The highest BCUT2D eigenvalue weighted by Gasteiger charge is 2.31. The van der Waals surface area contributed by atoms with Crippen LogP contribution in [0.15, 0.2) is 48.5 Å². The van der Waals surface area contributed by atoms with E-state index in [4.69, 9.17) is 5.73 Å². The lowest BCUT2D eigenvalue weighted by atomic mass is 9.91. The summed E-state index contributed by atoms with van der Waals surface area (Å²) in [6.07, 6.45) is 0.313. The number of amides is 1. The molecule has 0 aliphatic carbocycles. The van der Waals surface area contributed by atoms with Crippen molar-refractivity contribution in [3.63, 3.8) is 0 Å². The first-order valence-electron chi connectivity index (χ1n) is 6.78. The van der Waals surface area contributed by atoms with Crippen LogP contribution in [-0.2, 0) is 11.2 Å². The van der Waals surface area contributed by atoms with Crippen LogP contribution < -0.4 is 11.1 Å². The predicted octanol–water partition coefficient (Wildman–Crippen LogP) is 3.03. The average Bonchev–Trinajstić information content (AvgIpc) is 2.41. The molecule has 0 aromatic heterocycles. The van der Waals surface area contributed by atoms with E-state index >= 15 is 0 Å². The van der Waals surface area contributed by atoms with E-state index < -0.39 is 11.4 Å². The molecule has 21 heavy (non-hydrogen) atoms. The van der Waals surface area contributed by atoms with Crippen molar-refractivity contribution in [2.75, 3.05) is 5.32 Å². The van der Waals surface area contributed by atoms with E-state index in [2.05, 4.69) is 5.32 Å². The van der Waals surface area contributed by atoms with Gasteiger partial charge < -0.3 is 11.1 Å². The van der Waals surface area contributed by atoms with Gasteiger partial charge in [0.1, 0.15) is 11.4 Å². The summed E-state index contributed by atoms with van der Waals surface area (Å²) in [4.78, 5) is 11.8. The van der Waals surface area contributed by atoms with Gasteiger partial charge in [0.25, 0.3) is 0 Å². The van der Waals surface area contributed by atoms with Gasteiger partial charge in [-0.05, 0) is 43.7 Å². The molecule has 0 saturated heterocycles. The van der Waals surface area contributed by atoms with Gasteiger partial charge in [0.2, 0.25) is 5.91 Å². The second-order valence-electron chi connectivity index (χ2n) is 5.49. The Balaban J connectivity index is 2.23. The molecule has 4 heteroatoms. The number of hydrogen-bond donors (Lipinski definition) is 2. The van der Waals surface area contributed by atoms with Gasteiger partial charge in [-0.3, -0.25) is 4.79 Å². The van der Waals surface area contributed by atoms with Gasteiger partial charge in [0.05, 0.1) is 0 Å². The van der Waals surface area contributed by atoms with Crippen LogP contribution in [0, 0.1) is 12.7 Å². The van der Waals surface area contributed by atoms with Crippen molar-refractivity contribution in [2.24, 2.45) is 5.73 Å². The quantitative estimate of drug-likeness (QED) is 0.887. The first-order chi connectivity index (χ1) is 9.89. The summed E-state index contributed by atoms with van der Waals surface area (Å²) >= 11 is 0. The highest BCUT2D eigenvalue weighted by molar-refractivity contribution is 5.87. The number of benzene rings is 2. The van der Waals surface area contributed by atoms with E-state index in [0.717, 1.165) is 16.8 Å². The third-order valence-corrected chi connectivity index (χ3v) is 3.46. The maximum atomic E-state index is 13.3. The van der Waals surface area contributed by atoms with E-state index in [-0.39, 0.29) is 5.82 Å². The molecular formula is C17H19FN2O. The Labute approximate surface area is 124 Å². The van der Waals surface area contributed by atoms with Crippen LogP contribution in [0.1, 0.15) is 18.1 Å². The number of halogens is 1. The molecule has 2 aromatic rings. The first kappa shape index (κ1) is 15.0. The highest BCUT2D eigenvalue weighted by Crippen LogP contribution is 2.21. The Morgan fingerprint density at radius 2 is 1.90 bits per heavy atom. The van der Waals surface area contributed by atoms with Crippen LogP contribution in [0.25, 0.3) is 0 Å². The smallest absolute Gasteiger partial charge is 0.243 e. The first-order valence-corrected chi connectivity index (χ1v) is 6.78. The Kier molecular flexibility index (Phi) is 4.26. The number of nitrogens with one attached hydrogen (secondary N) is 1. The van der Waals surface area contributed by atoms with E-state index in [0.29, 0.717) is 6.42 Å². The third kappa shape index (κ3) is 3.81. The van der Waals surface area contributed by atoms with E-state index in [1.54, 1.807) is 19.1 Å². The lowest BCUT2D eigenvalue weighted by molar-refractivity contribution is -0.121. The summed E-state index contributed by atoms with van der Waals surface area (Å²) in [5.41, 5.74) is 7.21. The highest BCUT2D eigenvalue weighted by atomic mass is 19.1. The minimum absolute atomic E-state index is 0.313. The molecule has 0 spiro atoms. The Morgan fingerprint density at radius 3 is 2.48 bits per heavy atom. The number of hydrogen-bond acceptors (Lipinski definition) is 2. The van der Waals surface area contributed by atoms with Crippen molar-refractivity contribution in [2.45, 2.75) is 25.8 Å². The van der Waals surface area contributed by atoms with Crippen molar-refractivity contribution in [3.05, 3.63) is 65.5 Å². The molecule has 110 valence electrons. The Hall–Kier alpha value is -2.36. The average molecular weight is 286 g/mol. The molecule has 0 saturated carbocycles. The Bertz CT molecular complexity index is 639. The molecule has 0 aliphatic heterocycles. The van der Waals surface area contributed by atoms with Crippen molar-refractivity contribution in [1.29, 1.82) is 0 Å². The predicted molar refractivity (Wildman–Crippen MR) is 82.5 cm³/mol. The Morgan fingerprint density at radius 1 is 1.24 bits per heavy atom. The number of aryl methyl sites for hydroxylation is 1. The van der Waals surface area contributed by atoms with Crippen LogP contribution in [0.2, 0.25) is 0 Å². The minimum atomic E-state index is -0.983. The lowest BCUT2D eigenvalue weighted by Gasteiger charge is -2.29. The summed E-state index contributed by atoms with van der Waals surface area (Å²) in [6, 6.07) is 13.9. The van der Waals surface area contributed by atoms with Crippen LogP contribution in [-0.4, -0.2) is 11.4 Å². The molecule has 2 aromatic carbocycles. The molecule has 1 amide bonds. The van der Waals surface area contributed by atoms with Crippen molar-refractivity contribution >= 4 is 11.6 Å². The number of rotatable bonds is 5. The van der Waals surface area contributed by atoms with Gasteiger partial charge in [-0.15, -0.1) is 0 Å². The van der Waals surface area contributed by atoms with Crippen LogP contribution in [0.5, 0.6) is 0 Å². The second-order valence-corrected chi connectivity index (χ2v) is 5.49. The van der Waals surface area contributed by atoms with Gasteiger partial charge in [0.15, 0.2) is 0 Å². The van der Waals surface area contributed by atoms with E-state index in [9.17, 15) is 9.18 Å². The van der Waals surface area contributed by atoms with Crippen LogP contribution >= 0.6 is 0 Å². The van der Waals surface area contributed by atoms with E-state index in [1.165, 1.54) is 12.1 Å². The second kappa shape index (κ2) is 5.95. The molecule has 1 unspecified atom stereocenters. The number of primary amides is 1. The molecule has 0 aliphatic rings. The fraction of sp³-hybridized carbons (Fsp3) is 0.235. The fourth-order valence-electron chi connectivity index (χ4n) is 2.20. The number of anilines is 1. The fourth-order valence-corrected chi connectivity index (χ4v) is 2.20. The monoisotopic (exact) mass is 286 g/mol. The molecule has 2 rings (SSSR count). The summed E-state index contributed by atoms with van der Waals surface area (Å²) < 4.78 is 13.3. The summed E-state index contributed by atoms with van der Waals surface area (Å²) in [7, 11) is 0. The zero-order valence-electron chi connectivity index (χ0n) is 12.2. The minimum Gasteiger partial charge on any atom is -0.371 e. The summed E-state index contributed by atoms with van der Waals surface area (Å²) in [6.45, 7) is 3.71. The lowest BCUT2D eigenvalue weighted by Crippen LogP contribution is -2.49. The maximum absolute atomic E-state index is 13.3. The van der Waals surface area contributed by atoms with Crippen molar-refractivity contribution < 1.29 is 9.18 Å². The molecular weight excluding hydrogens is 267 g/mol. The molecule has 1 atom stereocenters. The third-order valence-electron chi connectivity index (χ3n) is 3.46. The molecule has 0 radical (unpaired) electrons. The summed E-state index contributed by atoms with van der Waals surface area (Å²) in [5, 5.41) is 3.15. The van der Waals surface area contributed by atoms with Gasteiger partial charge in [-0.2, -0.15) is 0 Å². The van der Waals surface area contributed by atoms with Crippen LogP contribution in [0.4, 0.5) is 10.1 Å². The molecule has 0 fully saturated rings. The molecule has 3 nitrogen and oxygen atoms in total. The van der Waals surface area contributed by atoms with Crippen molar-refractivity contribution in [3.8, 4) is 0 Å². The van der Waals surface area contributed by atoms with Gasteiger partial charge >= 0.3 is 0 Å². The molecule has 3 N–H and O–H groups in total. The van der Waals surface area contributed by atoms with Gasteiger partial charge in [0, 0.05) is 12.1 Å². The van der Waals surface area contributed by atoms with Gasteiger partial charge in [-0.25, -0.2) is 4.39 Å². The maximum Gasteiger partial charge on any atom is 0.243 e. The van der Waals surface area contributed by atoms with E-state index in [1.807, 2.05) is 31.2 Å². The standard InChI is InChI=1S/C17H19FN2O/c1-12-6-8-15(9-7-12)20-17(2,16(19)21)11-13-4-3-5-14(18)10-13/h3-10,20H,11H2,1-2H3,(H2,19,21). The number of nitrogens with two attached hydrogens (primary N) is 1. The summed E-state index contributed by atoms with van der Waals surface area (Å²) in [5.74, 6) is -0.804. The van der Waals surface area contributed by atoms with Crippen LogP contribution in [0.3, 0.4) is 0 Å². The SMILES string of the molecule is Cc1ccc(NC(C)(Cc2cccc(F)c2)C(N)=O)cc1. The largest absolute Gasteiger partial charge is 0.371 e. The normalized spacial score (nSPS) is 13.5. The zero-order valence-corrected chi connectivity index (χ0v) is 12.2. The molecule has 0 bridgehead atoms. The zero-order chi connectivity index (χ0) is 15.5. The topological polar surface area (TPSA) is 55.1 Å². The van der Waals surface area contributed by atoms with Crippen molar-refractivity contribution in [1.82, 2.24) is 0 Å². The number of carbonyl (C=O) groups excluding carboxylic acids is 1.